The highest BCUT2D eigenvalue weighted by Gasteiger charge is 2.26. The second kappa shape index (κ2) is 10.4. The van der Waals surface area contributed by atoms with Gasteiger partial charge >= 0.3 is 0 Å². The van der Waals surface area contributed by atoms with E-state index in [0.29, 0.717) is 12.2 Å². The van der Waals surface area contributed by atoms with Crippen molar-refractivity contribution in [2.75, 3.05) is 50.2 Å². The van der Waals surface area contributed by atoms with E-state index in [0.717, 1.165) is 43.6 Å². The molecule has 7 nitrogen and oxygen atoms in total. The number of carbonyl (C=O) groups is 1. The summed E-state index contributed by atoms with van der Waals surface area (Å²) in [5, 5.41) is 2.84. The lowest BCUT2D eigenvalue weighted by Gasteiger charge is -2.26. The summed E-state index contributed by atoms with van der Waals surface area (Å²) in [5.41, 5.74) is 0.458. The van der Waals surface area contributed by atoms with Gasteiger partial charge in [-0.1, -0.05) is 36.4 Å². The first-order valence-corrected chi connectivity index (χ1v) is 11.2. The highest BCUT2D eigenvalue weighted by Crippen LogP contribution is 2.23. The highest BCUT2D eigenvalue weighted by molar-refractivity contribution is 7.92. The molecule has 0 bridgehead atoms. The van der Waals surface area contributed by atoms with Crippen molar-refractivity contribution in [2.24, 2.45) is 0 Å². The van der Waals surface area contributed by atoms with Crippen LogP contribution in [0.1, 0.15) is 6.42 Å². The molecule has 2 aromatic carbocycles. The van der Waals surface area contributed by atoms with Gasteiger partial charge in [0.1, 0.15) is 6.54 Å². The van der Waals surface area contributed by atoms with E-state index < -0.39 is 10.0 Å². The van der Waals surface area contributed by atoms with Crippen molar-refractivity contribution in [3.63, 3.8) is 0 Å². The molecule has 0 radical (unpaired) electrons. The third-order valence-corrected chi connectivity index (χ3v) is 6.53. The molecule has 0 atom stereocenters. The molecule has 0 unspecified atom stereocenters. The number of anilines is 1. The molecule has 1 heterocycles. The van der Waals surface area contributed by atoms with Crippen LogP contribution in [0.15, 0.2) is 65.6 Å². The maximum atomic E-state index is 13.1. The van der Waals surface area contributed by atoms with E-state index in [1.807, 2.05) is 6.07 Å². The Bertz CT molecular complexity index is 869. The van der Waals surface area contributed by atoms with Crippen LogP contribution in [0.3, 0.4) is 0 Å². The Labute approximate surface area is 172 Å². The van der Waals surface area contributed by atoms with E-state index in [-0.39, 0.29) is 17.3 Å². The van der Waals surface area contributed by atoms with E-state index in [4.69, 9.17) is 4.74 Å². The number of sulfonamides is 1. The summed E-state index contributed by atoms with van der Waals surface area (Å²) >= 11 is 0. The van der Waals surface area contributed by atoms with Gasteiger partial charge in [-0.25, -0.2) is 8.42 Å². The van der Waals surface area contributed by atoms with Crippen molar-refractivity contribution in [1.82, 2.24) is 10.2 Å². The van der Waals surface area contributed by atoms with Gasteiger partial charge in [-0.3, -0.25) is 14.0 Å². The van der Waals surface area contributed by atoms with Crippen LogP contribution in [-0.4, -0.2) is 65.2 Å². The van der Waals surface area contributed by atoms with E-state index >= 15 is 0 Å². The van der Waals surface area contributed by atoms with Crippen LogP contribution in [0.5, 0.6) is 0 Å². The second-order valence-electron chi connectivity index (χ2n) is 6.82. The molecule has 8 heteroatoms. The van der Waals surface area contributed by atoms with Gasteiger partial charge in [-0.05, 0) is 37.2 Å². The fourth-order valence-electron chi connectivity index (χ4n) is 3.17. The van der Waals surface area contributed by atoms with Crippen molar-refractivity contribution < 1.29 is 17.9 Å². The number of morpholine rings is 1. The zero-order valence-electron chi connectivity index (χ0n) is 16.4. The van der Waals surface area contributed by atoms with Gasteiger partial charge < -0.3 is 10.1 Å². The summed E-state index contributed by atoms with van der Waals surface area (Å²) in [6.07, 6.45) is 0.808. The maximum absolute atomic E-state index is 13.1. The molecular formula is C21H27N3O4S. The molecular weight excluding hydrogens is 390 g/mol. The molecule has 3 rings (SSSR count). The quantitative estimate of drug-likeness (QED) is 0.629. The number of para-hydroxylation sites is 1. The lowest BCUT2D eigenvalue weighted by Crippen LogP contribution is -2.42. The topological polar surface area (TPSA) is 79.0 Å². The summed E-state index contributed by atoms with van der Waals surface area (Å²) in [5.74, 6) is -0.324. The number of rotatable bonds is 9. The lowest BCUT2D eigenvalue weighted by molar-refractivity contribution is -0.119. The maximum Gasteiger partial charge on any atom is 0.264 e. The second-order valence-corrected chi connectivity index (χ2v) is 8.68. The van der Waals surface area contributed by atoms with Crippen molar-refractivity contribution in [2.45, 2.75) is 11.3 Å². The van der Waals surface area contributed by atoms with Gasteiger partial charge in [-0.2, -0.15) is 0 Å². The minimum Gasteiger partial charge on any atom is -0.379 e. The first kappa shape index (κ1) is 21.3. The summed E-state index contributed by atoms with van der Waals surface area (Å²) in [4.78, 5) is 15.0. The van der Waals surface area contributed by atoms with Gasteiger partial charge in [0.15, 0.2) is 0 Å². The van der Waals surface area contributed by atoms with E-state index in [1.165, 1.54) is 12.1 Å². The SMILES string of the molecule is O=C(CN(c1ccccc1)S(=O)(=O)c1ccccc1)NCCCN1CCOCC1. The van der Waals surface area contributed by atoms with Crippen LogP contribution in [-0.2, 0) is 19.6 Å². The Balaban J connectivity index is 1.62. The van der Waals surface area contributed by atoms with Crippen LogP contribution < -0.4 is 9.62 Å². The van der Waals surface area contributed by atoms with Crippen molar-refractivity contribution in [3.05, 3.63) is 60.7 Å². The summed E-state index contributed by atoms with van der Waals surface area (Å²) in [6, 6.07) is 16.8. The molecule has 0 spiro atoms. The van der Waals surface area contributed by atoms with Crippen LogP contribution in [0, 0.1) is 0 Å². The lowest BCUT2D eigenvalue weighted by atomic mass is 10.3. The normalized spacial score (nSPS) is 15.0. The average Bonchev–Trinajstić information content (AvgIpc) is 2.77. The highest BCUT2D eigenvalue weighted by atomic mass is 32.2. The molecule has 1 fully saturated rings. The molecule has 1 amide bonds. The molecule has 1 aliphatic rings. The zero-order chi connectivity index (χ0) is 20.5. The number of carbonyl (C=O) groups excluding carboxylic acids is 1. The first-order valence-electron chi connectivity index (χ1n) is 9.77. The summed E-state index contributed by atoms with van der Waals surface area (Å²) in [7, 11) is -3.85. The third-order valence-electron chi connectivity index (χ3n) is 4.74. The van der Waals surface area contributed by atoms with Crippen LogP contribution in [0.2, 0.25) is 0 Å². The number of benzene rings is 2. The minimum absolute atomic E-state index is 0.156. The largest absolute Gasteiger partial charge is 0.379 e. The Kier molecular flexibility index (Phi) is 7.62. The van der Waals surface area contributed by atoms with Crippen LogP contribution >= 0.6 is 0 Å². The van der Waals surface area contributed by atoms with E-state index in [1.54, 1.807) is 42.5 Å². The Morgan fingerprint density at radius 2 is 1.62 bits per heavy atom. The van der Waals surface area contributed by atoms with Gasteiger partial charge in [-0.15, -0.1) is 0 Å². The average molecular weight is 418 g/mol. The van der Waals surface area contributed by atoms with Gasteiger partial charge in [0.25, 0.3) is 10.0 Å². The summed E-state index contributed by atoms with van der Waals surface area (Å²) in [6.45, 7) is 4.43. The molecule has 0 saturated carbocycles. The molecule has 1 aliphatic heterocycles. The minimum atomic E-state index is -3.85. The zero-order valence-corrected chi connectivity index (χ0v) is 17.2. The van der Waals surface area contributed by atoms with Crippen molar-refractivity contribution >= 4 is 21.6 Å². The molecule has 2 aromatic rings. The smallest absolute Gasteiger partial charge is 0.264 e. The number of hydrogen-bond acceptors (Lipinski definition) is 5. The molecule has 156 valence electrons. The van der Waals surface area contributed by atoms with E-state index in [9.17, 15) is 13.2 Å². The first-order chi connectivity index (χ1) is 14.1. The number of ether oxygens (including phenoxy) is 1. The molecule has 29 heavy (non-hydrogen) atoms. The Hall–Kier alpha value is -2.42. The van der Waals surface area contributed by atoms with Crippen molar-refractivity contribution in [1.29, 1.82) is 0 Å². The van der Waals surface area contributed by atoms with Gasteiger partial charge in [0, 0.05) is 19.6 Å². The fourth-order valence-corrected chi connectivity index (χ4v) is 4.61. The van der Waals surface area contributed by atoms with Gasteiger partial charge in [0.05, 0.1) is 23.8 Å². The van der Waals surface area contributed by atoms with Crippen LogP contribution in [0.25, 0.3) is 0 Å². The number of hydrogen-bond donors (Lipinski definition) is 1. The summed E-state index contributed by atoms with van der Waals surface area (Å²) < 4.78 is 32.7. The Morgan fingerprint density at radius 1 is 1.00 bits per heavy atom. The number of nitrogens with one attached hydrogen (secondary N) is 1. The van der Waals surface area contributed by atoms with Crippen molar-refractivity contribution in [3.8, 4) is 0 Å². The predicted molar refractivity (Wildman–Crippen MR) is 112 cm³/mol. The number of amides is 1. The van der Waals surface area contributed by atoms with Gasteiger partial charge in [0.2, 0.25) is 5.91 Å². The van der Waals surface area contributed by atoms with E-state index in [2.05, 4.69) is 10.2 Å². The third kappa shape index (κ3) is 6.03. The predicted octanol–water partition coefficient (Wildman–Crippen LogP) is 1.72. The molecule has 1 N–H and O–H groups in total. The van der Waals surface area contributed by atoms with Crippen LogP contribution in [0.4, 0.5) is 5.69 Å². The molecule has 1 saturated heterocycles. The fraction of sp³-hybridized carbons (Fsp3) is 0.381. The molecule has 0 aliphatic carbocycles. The monoisotopic (exact) mass is 417 g/mol. The Morgan fingerprint density at radius 3 is 2.28 bits per heavy atom. The number of nitrogens with zero attached hydrogens (tertiary/aromatic N) is 2. The standard InChI is InChI=1S/C21H27N3O4S/c25-21(22-12-7-13-23-14-16-28-17-15-23)18-24(19-8-3-1-4-9-19)29(26,27)20-10-5-2-6-11-20/h1-6,8-11H,7,12-18H2,(H,22,25). The molecule has 0 aromatic heterocycles.